The highest BCUT2D eigenvalue weighted by Gasteiger charge is 2.53. The molecule has 38 heavy (non-hydrogen) atoms. The van der Waals surface area contributed by atoms with Gasteiger partial charge in [0.05, 0.1) is 22.7 Å². The number of hydrogen-bond donors (Lipinski definition) is 1. The smallest absolute Gasteiger partial charge is 0.287 e. The van der Waals surface area contributed by atoms with Crippen molar-refractivity contribution in [1.82, 2.24) is 25.1 Å². The summed E-state index contributed by atoms with van der Waals surface area (Å²) in [5.74, 6) is -3.93. The first kappa shape index (κ1) is 24.4. The second-order valence-electron chi connectivity index (χ2n) is 10.1. The van der Waals surface area contributed by atoms with Gasteiger partial charge < -0.3 is 9.73 Å². The lowest BCUT2D eigenvalue weighted by molar-refractivity contribution is -0.131. The number of fused-ring (bicyclic) bond motifs is 1. The molecule has 0 bridgehead atoms. The summed E-state index contributed by atoms with van der Waals surface area (Å²) < 4.78 is 35.4. The maximum absolute atomic E-state index is 14.0. The van der Waals surface area contributed by atoms with Crippen LogP contribution in [-0.4, -0.2) is 42.9 Å². The van der Waals surface area contributed by atoms with Crippen LogP contribution in [-0.2, 0) is 4.79 Å². The van der Waals surface area contributed by atoms with Crippen LogP contribution in [0.4, 0.5) is 8.78 Å². The van der Waals surface area contributed by atoms with Crippen molar-refractivity contribution in [2.45, 2.75) is 56.4 Å². The lowest BCUT2D eigenvalue weighted by Gasteiger charge is -2.39. The molecule has 2 aliphatic carbocycles. The lowest BCUT2D eigenvalue weighted by atomic mass is 9.74. The zero-order chi connectivity index (χ0) is 26.5. The largest absolute Gasteiger partial charge is 0.451 e. The molecule has 0 atom stereocenters. The molecule has 0 spiro atoms. The third kappa shape index (κ3) is 4.47. The molecule has 3 aromatic heterocycles. The van der Waals surface area contributed by atoms with Crippen LogP contribution in [0.25, 0.3) is 27.4 Å². The van der Waals surface area contributed by atoms with E-state index in [1.165, 1.54) is 17.7 Å². The maximum Gasteiger partial charge on any atom is 0.287 e. The van der Waals surface area contributed by atoms with Gasteiger partial charge in [-0.15, -0.1) is 11.3 Å². The second-order valence-corrected chi connectivity index (χ2v) is 10.9. The van der Waals surface area contributed by atoms with Crippen LogP contribution in [0.5, 0.6) is 0 Å². The van der Waals surface area contributed by atoms with Crippen molar-refractivity contribution in [3.05, 3.63) is 48.1 Å². The molecule has 1 aromatic carbocycles. The Balaban J connectivity index is 1.24. The van der Waals surface area contributed by atoms with E-state index >= 15 is 0 Å². The van der Waals surface area contributed by atoms with Gasteiger partial charge in [0.1, 0.15) is 18.2 Å². The van der Waals surface area contributed by atoms with E-state index in [1.807, 2.05) is 11.4 Å². The lowest BCUT2D eigenvalue weighted by Crippen LogP contribution is -2.58. The van der Waals surface area contributed by atoms with E-state index in [9.17, 15) is 23.6 Å². The average molecular weight is 537 g/mol. The zero-order valence-electron chi connectivity index (χ0n) is 20.1. The zero-order valence-corrected chi connectivity index (χ0v) is 20.9. The van der Waals surface area contributed by atoms with Gasteiger partial charge in [-0.25, -0.2) is 18.7 Å². The van der Waals surface area contributed by atoms with Crippen molar-refractivity contribution in [2.24, 2.45) is 5.41 Å². The Labute approximate surface area is 219 Å². The topological polar surface area (TPSA) is 127 Å². The van der Waals surface area contributed by atoms with Crippen molar-refractivity contribution in [2.75, 3.05) is 0 Å². The number of hydrogen-bond acceptors (Lipinski definition) is 8. The average Bonchev–Trinajstić information content (AvgIpc) is 3.34. The number of nitrogens with zero attached hydrogens (tertiary/aromatic N) is 5. The number of nitriles is 1. The molecule has 1 amide bonds. The van der Waals surface area contributed by atoms with E-state index in [0.29, 0.717) is 34.6 Å². The van der Waals surface area contributed by atoms with Gasteiger partial charge in [0, 0.05) is 35.6 Å². The maximum atomic E-state index is 14.0. The van der Waals surface area contributed by atoms with Crippen LogP contribution in [0.3, 0.4) is 0 Å². The van der Waals surface area contributed by atoms with Crippen molar-refractivity contribution in [1.29, 1.82) is 5.26 Å². The Hall–Kier alpha value is -3.98. The molecule has 0 radical (unpaired) electrons. The van der Waals surface area contributed by atoms with Crippen LogP contribution >= 0.6 is 11.3 Å². The van der Waals surface area contributed by atoms with Crippen molar-refractivity contribution < 1.29 is 22.8 Å². The Morgan fingerprint density at radius 1 is 1.16 bits per heavy atom. The van der Waals surface area contributed by atoms with Crippen molar-refractivity contribution >= 4 is 34.0 Å². The molecule has 194 valence electrons. The van der Waals surface area contributed by atoms with Gasteiger partial charge in [-0.2, -0.15) is 15.0 Å². The summed E-state index contributed by atoms with van der Waals surface area (Å²) in [6, 6.07) is 9.14. The number of carbonyl (C=O) groups excluding carboxylic acids is 2. The first-order valence-corrected chi connectivity index (χ1v) is 13.1. The molecule has 3 heterocycles. The quantitative estimate of drug-likeness (QED) is 0.349. The fourth-order valence-corrected chi connectivity index (χ4v) is 5.62. The fraction of sp³-hybridized carbons (Fsp3) is 0.385. The Kier molecular flexibility index (Phi) is 5.64. The number of thiazole rings is 1. The summed E-state index contributed by atoms with van der Waals surface area (Å²) in [4.78, 5) is 35.1. The molecule has 12 heteroatoms. The molecule has 0 unspecified atom stereocenters. The van der Waals surface area contributed by atoms with Crippen LogP contribution < -0.4 is 5.32 Å². The predicted molar refractivity (Wildman–Crippen MR) is 133 cm³/mol. The van der Waals surface area contributed by atoms with E-state index in [-0.39, 0.29) is 30.8 Å². The minimum atomic E-state index is -2.89. The minimum Gasteiger partial charge on any atom is -0.451 e. The summed E-state index contributed by atoms with van der Waals surface area (Å²) >= 11 is 1.40. The van der Waals surface area contributed by atoms with Gasteiger partial charge in [0.25, 0.3) is 5.91 Å². The van der Waals surface area contributed by atoms with Gasteiger partial charge in [0.15, 0.2) is 11.5 Å². The standard InChI is InChI=1S/C26H22F2N6O3S/c27-26(28)7-5-25(6-8-26,21(35)11-24(13-29)3-4-24)33-22(36)20-10-17-2-1-16(9-19(17)37-20)18-12-38-23(32-18)34-15-30-14-31-34/h1-2,9-10,12,14-15H,3-8,11H2,(H,33,36). The molecule has 0 saturated heterocycles. The van der Waals surface area contributed by atoms with Crippen LogP contribution in [0, 0.1) is 16.7 Å². The number of halogens is 2. The summed E-state index contributed by atoms with van der Waals surface area (Å²) in [5.41, 5.74) is -0.278. The summed E-state index contributed by atoms with van der Waals surface area (Å²) in [6.07, 6.45) is 2.73. The first-order chi connectivity index (χ1) is 18.2. The van der Waals surface area contributed by atoms with E-state index in [1.54, 1.807) is 29.2 Å². The monoisotopic (exact) mass is 536 g/mol. The first-order valence-electron chi connectivity index (χ1n) is 12.2. The molecule has 1 N–H and O–H groups in total. The Bertz CT molecular complexity index is 1570. The van der Waals surface area contributed by atoms with Gasteiger partial charge in [-0.05, 0) is 37.8 Å². The molecule has 0 aliphatic heterocycles. The number of amides is 1. The number of benzene rings is 1. The molecule has 2 saturated carbocycles. The summed E-state index contributed by atoms with van der Waals surface area (Å²) in [7, 11) is 0. The highest BCUT2D eigenvalue weighted by atomic mass is 32.1. The van der Waals surface area contributed by atoms with E-state index in [0.717, 1.165) is 5.56 Å². The summed E-state index contributed by atoms with van der Waals surface area (Å²) in [5, 5.41) is 19.4. The predicted octanol–water partition coefficient (Wildman–Crippen LogP) is 5.08. The Morgan fingerprint density at radius 3 is 2.63 bits per heavy atom. The Morgan fingerprint density at radius 2 is 1.95 bits per heavy atom. The SMILES string of the molecule is N#CC1(CC(=O)C2(NC(=O)c3cc4ccc(-c5csc(-n6cncn6)n5)cc4o3)CCC(F)(F)CC2)CC1. The number of nitrogens with one attached hydrogen (secondary N) is 1. The number of furan rings is 1. The van der Waals surface area contributed by atoms with E-state index in [4.69, 9.17) is 4.42 Å². The minimum absolute atomic E-state index is 0.0235. The third-order valence-electron chi connectivity index (χ3n) is 7.46. The molecule has 4 aromatic rings. The van der Waals surface area contributed by atoms with E-state index < -0.39 is 35.6 Å². The highest BCUT2D eigenvalue weighted by molar-refractivity contribution is 7.12. The molecule has 2 aliphatic rings. The molecular weight excluding hydrogens is 514 g/mol. The van der Waals surface area contributed by atoms with Crippen LogP contribution in [0.2, 0.25) is 0 Å². The van der Waals surface area contributed by atoms with Crippen molar-refractivity contribution in [3.63, 3.8) is 0 Å². The summed E-state index contributed by atoms with van der Waals surface area (Å²) in [6.45, 7) is 0. The molecule has 9 nitrogen and oxygen atoms in total. The molecule has 2 fully saturated rings. The highest BCUT2D eigenvalue weighted by Crippen LogP contribution is 2.50. The third-order valence-corrected chi connectivity index (χ3v) is 8.29. The van der Waals surface area contributed by atoms with Crippen LogP contribution in [0.15, 0.2) is 46.7 Å². The normalized spacial score (nSPS) is 19.1. The fourth-order valence-electron chi connectivity index (χ4n) is 4.86. The van der Waals surface area contributed by atoms with Gasteiger partial charge in [-0.3, -0.25) is 9.59 Å². The second kappa shape index (κ2) is 8.80. The van der Waals surface area contributed by atoms with Crippen LogP contribution in [0.1, 0.15) is 55.5 Å². The van der Waals surface area contributed by atoms with Gasteiger partial charge in [-0.1, -0.05) is 12.1 Å². The van der Waals surface area contributed by atoms with E-state index in [2.05, 4.69) is 26.5 Å². The number of Topliss-reactive ketones (excluding diaryl/α,β-unsaturated/α-hetero) is 1. The van der Waals surface area contributed by atoms with Gasteiger partial charge in [0.2, 0.25) is 11.1 Å². The number of carbonyl (C=O) groups is 2. The molecule has 6 rings (SSSR count). The van der Waals surface area contributed by atoms with Crippen molar-refractivity contribution in [3.8, 4) is 22.5 Å². The number of aromatic nitrogens is 4. The number of ketones is 1. The number of alkyl halides is 2. The van der Waals surface area contributed by atoms with Gasteiger partial charge >= 0.3 is 0 Å². The number of rotatable bonds is 7. The molecular formula is C26H22F2N6O3S.